The predicted octanol–water partition coefficient (Wildman–Crippen LogP) is 3.83. The van der Waals surface area contributed by atoms with Gasteiger partial charge in [-0.15, -0.1) is 0 Å². The first-order chi connectivity index (χ1) is 12.0. The highest BCUT2D eigenvalue weighted by Crippen LogP contribution is 2.45. The first kappa shape index (κ1) is 16.6. The monoisotopic (exact) mass is 335 g/mol. The first-order valence-corrected chi connectivity index (χ1v) is 9.49. The summed E-state index contributed by atoms with van der Waals surface area (Å²) in [5, 5.41) is 7.10. The third-order valence-electron chi connectivity index (χ3n) is 5.80. The van der Waals surface area contributed by atoms with Crippen LogP contribution in [0.5, 0.6) is 0 Å². The van der Waals surface area contributed by atoms with Crippen molar-refractivity contribution in [2.45, 2.75) is 32.6 Å². The lowest BCUT2D eigenvalue weighted by Gasteiger charge is -2.36. The Hall–Kier alpha value is -1.84. The Morgan fingerprint density at radius 1 is 0.960 bits per heavy atom. The van der Waals surface area contributed by atoms with Gasteiger partial charge in [-0.1, -0.05) is 43.7 Å². The molecule has 0 saturated carbocycles. The van der Waals surface area contributed by atoms with E-state index in [0.717, 1.165) is 26.1 Å². The van der Waals surface area contributed by atoms with Gasteiger partial charge in [0.1, 0.15) is 0 Å². The number of hydrogen-bond acceptors (Lipinski definition) is 3. The Morgan fingerprint density at radius 3 is 2.56 bits per heavy atom. The van der Waals surface area contributed by atoms with Crippen molar-refractivity contribution < 1.29 is 0 Å². The van der Waals surface area contributed by atoms with Crippen molar-refractivity contribution in [2.24, 2.45) is 0 Å². The van der Waals surface area contributed by atoms with Crippen LogP contribution in [0.1, 0.15) is 36.1 Å². The Kier molecular flexibility index (Phi) is 4.30. The third-order valence-corrected chi connectivity index (χ3v) is 5.80. The number of hydrogen-bond donors (Lipinski definition) is 2. The molecule has 0 amide bonds. The molecule has 2 heterocycles. The van der Waals surface area contributed by atoms with E-state index in [1.54, 1.807) is 0 Å². The van der Waals surface area contributed by atoms with Crippen LogP contribution in [0.3, 0.4) is 0 Å². The minimum absolute atomic E-state index is 0.0407. The Morgan fingerprint density at radius 2 is 1.76 bits per heavy atom. The number of nitrogens with zero attached hydrogens (tertiary/aromatic N) is 1. The van der Waals surface area contributed by atoms with Gasteiger partial charge in [0.05, 0.1) is 0 Å². The van der Waals surface area contributed by atoms with Gasteiger partial charge in [-0.25, -0.2) is 0 Å². The Balaban J connectivity index is 1.57. The highest BCUT2D eigenvalue weighted by Gasteiger charge is 2.32. The average Bonchev–Trinajstić information content (AvgIpc) is 2.61. The quantitative estimate of drug-likeness (QED) is 0.893. The first-order valence-electron chi connectivity index (χ1n) is 9.49. The molecule has 0 unspecified atom stereocenters. The summed E-state index contributed by atoms with van der Waals surface area (Å²) >= 11 is 0. The topological polar surface area (TPSA) is 27.3 Å². The van der Waals surface area contributed by atoms with Crippen molar-refractivity contribution in [3.8, 4) is 0 Å². The molecule has 4 rings (SSSR count). The molecule has 3 heteroatoms. The minimum atomic E-state index is 0.0407. The molecule has 3 nitrogen and oxygen atoms in total. The summed E-state index contributed by atoms with van der Waals surface area (Å²) in [4.78, 5) is 2.56. The van der Waals surface area contributed by atoms with E-state index in [4.69, 9.17) is 0 Å². The van der Waals surface area contributed by atoms with Gasteiger partial charge in [-0.3, -0.25) is 0 Å². The fourth-order valence-electron chi connectivity index (χ4n) is 4.19. The number of rotatable bonds is 3. The summed E-state index contributed by atoms with van der Waals surface area (Å²) in [7, 11) is 0. The van der Waals surface area contributed by atoms with E-state index in [1.165, 1.54) is 46.7 Å². The maximum atomic E-state index is 3.68. The van der Waals surface area contributed by atoms with Gasteiger partial charge >= 0.3 is 0 Å². The van der Waals surface area contributed by atoms with Gasteiger partial charge in [0.2, 0.25) is 0 Å². The lowest BCUT2D eigenvalue weighted by Crippen LogP contribution is -2.44. The molecule has 25 heavy (non-hydrogen) atoms. The fourth-order valence-corrected chi connectivity index (χ4v) is 4.19. The van der Waals surface area contributed by atoms with Crippen molar-refractivity contribution in [1.82, 2.24) is 10.2 Å². The van der Waals surface area contributed by atoms with Crippen molar-refractivity contribution >= 4 is 11.4 Å². The number of anilines is 2. The molecule has 0 aliphatic carbocycles. The Bertz CT molecular complexity index is 773. The van der Waals surface area contributed by atoms with E-state index in [-0.39, 0.29) is 5.41 Å². The molecule has 2 aliphatic rings. The molecule has 0 atom stereocenters. The van der Waals surface area contributed by atoms with Crippen molar-refractivity contribution in [2.75, 3.05) is 38.0 Å². The average molecular weight is 335 g/mol. The van der Waals surface area contributed by atoms with Crippen molar-refractivity contribution in [1.29, 1.82) is 0 Å². The zero-order valence-corrected chi connectivity index (χ0v) is 15.7. The van der Waals surface area contributed by atoms with Crippen LogP contribution >= 0.6 is 0 Å². The van der Waals surface area contributed by atoms with Gasteiger partial charge in [0, 0.05) is 49.5 Å². The van der Waals surface area contributed by atoms with Crippen LogP contribution in [-0.2, 0) is 11.8 Å². The van der Waals surface area contributed by atoms with Crippen molar-refractivity contribution in [3.05, 3.63) is 58.7 Å². The van der Waals surface area contributed by atoms with Crippen LogP contribution in [0.2, 0.25) is 0 Å². The van der Waals surface area contributed by atoms with E-state index in [2.05, 4.69) is 72.7 Å². The molecule has 2 N–H and O–H groups in total. The van der Waals surface area contributed by atoms with Gasteiger partial charge in [0.25, 0.3) is 0 Å². The largest absolute Gasteiger partial charge is 0.355 e. The molecule has 2 aliphatic heterocycles. The maximum Gasteiger partial charge on any atom is 0.0428 e. The van der Waals surface area contributed by atoms with Crippen LogP contribution in [0.4, 0.5) is 11.4 Å². The molecule has 2 aromatic carbocycles. The normalized spacial score (nSPS) is 19.0. The van der Waals surface area contributed by atoms with E-state index in [1.807, 2.05) is 0 Å². The smallest absolute Gasteiger partial charge is 0.0428 e. The maximum absolute atomic E-state index is 3.68. The summed E-state index contributed by atoms with van der Waals surface area (Å²) in [5.41, 5.74) is 8.12. The van der Waals surface area contributed by atoms with Gasteiger partial charge in [-0.05, 0) is 42.2 Å². The molecule has 1 saturated heterocycles. The van der Waals surface area contributed by atoms with Crippen LogP contribution < -0.4 is 10.6 Å². The van der Waals surface area contributed by atoms with Gasteiger partial charge < -0.3 is 15.5 Å². The number of benzene rings is 2. The molecule has 1 fully saturated rings. The molecule has 0 spiro atoms. The van der Waals surface area contributed by atoms with E-state index in [9.17, 15) is 0 Å². The standard InChI is InChI=1S/C22H29N3/c1-16-4-7-20-19(14-16)22(2,3)18-6-5-17(15-21(18)24-20)8-11-25-12-9-23-10-13-25/h4-7,14-15,23-24H,8-13H2,1-3H3. The van der Waals surface area contributed by atoms with Crippen LogP contribution in [0.15, 0.2) is 36.4 Å². The molecule has 132 valence electrons. The molecule has 0 aromatic heterocycles. The van der Waals surface area contributed by atoms with Crippen LogP contribution in [0, 0.1) is 6.92 Å². The number of fused-ring (bicyclic) bond motifs is 2. The molecular weight excluding hydrogens is 306 g/mol. The second-order valence-corrected chi connectivity index (χ2v) is 8.02. The van der Waals surface area contributed by atoms with E-state index < -0.39 is 0 Å². The zero-order chi connectivity index (χ0) is 17.4. The minimum Gasteiger partial charge on any atom is -0.355 e. The summed E-state index contributed by atoms with van der Waals surface area (Å²) in [6.45, 7) is 12.6. The summed E-state index contributed by atoms with van der Waals surface area (Å²) in [6.07, 6.45) is 1.12. The van der Waals surface area contributed by atoms with Gasteiger partial charge in [0.15, 0.2) is 0 Å². The fraction of sp³-hybridized carbons (Fsp3) is 0.455. The SMILES string of the molecule is Cc1ccc2c(c1)C(C)(C)c1ccc(CCN3CCNCC3)cc1N2. The molecule has 2 aromatic rings. The second kappa shape index (κ2) is 6.47. The number of nitrogens with one attached hydrogen (secondary N) is 2. The van der Waals surface area contributed by atoms with Gasteiger partial charge in [-0.2, -0.15) is 0 Å². The summed E-state index contributed by atoms with van der Waals surface area (Å²) in [6, 6.07) is 13.8. The second-order valence-electron chi connectivity index (χ2n) is 8.02. The molecule has 0 bridgehead atoms. The zero-order valence-electron chi connectivity index (χ0n) is 15.7. The van der Waals surface area contributed by atoms with E-state index >= 15 is 0 Å². The Labute approximate surface area is 151 Å². The molecule has 0 radical (unpaired) electrons. The summed E-state index contributed by atoms with van der Waals surface area (Å²) < 4.78 is 0. The lowest BCUT2D eigenvalue weighted by molar-refractivity contribution is 0.244. The predicted molar refractivity (Wildman–Crippen MR) is 106 cm³/mol. The summed E-state index contributed by atoms with van der Waals surface area (Å²) in [5.74, 6) is 0. The highest BCUT2D eigenvalue weighted by atomic mass is 15.2. The van der Waals surface area contributed by atoms with Crippen molar-refractivity contribution in [3.63, 3.8) is 0 Å². The molecular formula is C22H29N3. The van der Waals surface area contributed by atoms with Crippen LogP contribution in [0.25, 0.3) is 0 Å². The highest BCUT2D eigenvalue weighted by molar-refractivity contribution is 5.76. The van der Waals surface area contributed by atoms with E-state index in [0.29, 0.717) is 0 Å². The van der Waals surface area contributed by atoms with Crippen LogP contribution in [-0.4, -0.2) is 37.6 Å². The number of piperazine rings is 1. The third kappa shape index (κ3) is 3.19. The number of aryl methyl sites for hydroxylation is 1. The lowest BCUT2D eigenvalue weighted by atomic mass is 9.73.